The number of hydrogen-bond donors (Lipinski definition) is 1. The van der Waals surface area contributed by atoms with E-state index >= 15 is 0 Å². The Morgan fingerprint density at radius 3 is 2.49 bits per heavy atom. The summed E-state index contributed by atoms with van der Waals surface area (Å²) >= 11 is 6.06. The molecule has 1 amide bonds. The first-order valence-corrected chi connectivity index (χ1v) is 13.8. The number of alkyl halides is 3. The summed E-state index contributed by atoms with van der Waals surface area (Å²) in [6.07, 6.45) is -2.34. The maximum Gasteiger partial charge on any atom is 0.423 e. The van der Waals surface area contributed by atoms with E-state index in [2.05, 4.69) is 10.2 Å². The number of piperazine rings is 1. The van der Waals surface area contributed by atoms with Gasteiger partial charge in [0.2, 0.25) is 5.91 Å². The van der Waals surface area contributed by atoms with Gasteiger partial charge in [-0.3, -0.25) is 19.8 Å². The van der Waals surface area contributed by atoms with Crippen LogP contribution in [0.2, 0.25) is 5.02 Å². The van der Waals surface area contributed by atoms with Crippen molar-refractivity contribution >= 4 is 39.9 Å². The lowest BCUT2D eigenvalue weighted by Gasteiger charge is -2.35. The molecule has 2 aliphatic rings. The predicted octanol–water partition coefficient (Wildman–Crippen LogP) is 6.10. The van der Waals surface area contributed by atoms with E-state index in [1.807, 2.05) is 18.2 Å². The van der Waals surface area contributed by atoms with Crippen molar-refractivity contribution in [2.75, 3.05) is 38.1 Å². The van der Waals surface area contributed by atoms with Crippen molar-refractivity contribution < 1.29 is 32.0 Å². The monoisotopic (exact) mass is 594 g/mol. The number of benzene rings is 2. The van der Waals surface area contributed by atoms with Crippen LogP contribution in [-0.2, 0) is 22.3 Å². The summed E-state index contributed by atoms with van der Waals surface area (Å²) in [6, 6.07) is 10.4. The predicted molar refractivity (Wildman–Crippen MR) is 147 cm³/mol. The lowest BCUT2D eigenvalue weighted by atomic mass is 9.92. The molecule has 1 aliphatic carbocycles. The Kier molecular flexibility index (Phi) is 8.71. The third-order valence-corrected chi connectivity index (χ3v) is 7.86. The molecule has 1 saturated carbocycles. The molecule has 9 nitrogen and oxygen atoms in total. The Morgan fingerprint density at radius 2 is 1.80 bits per heavy atom. The fourth-order valence-corrected chi connectivity index (χ4v) is 5.61. The molecule has 2 heterocycles. The number of nitrogens with one attached hydrogen (secondary N) is 1. The zero-order chi connectivity index (χ0) is 29.1. The second kappa shape index (κ2) is 12.3. The van der Waals surface area contributed by atoms with Crippen LogP contribution in [0.4, 0.5) is 24.5 Å². The number of halogens is 4. The normalized spacial score (nSPS) is 20.3. The van der Waals surface area contributed by atoms with Crippen LogP contribution in [0.3, 0.4) is 0 Å². The number of nitrogens with zero attached hydrogens (tertiary/aromatic N) is 3. The van der Waals surface area contributed by atoms with E-state index in [1.54, 1.807) is 11.0 Å². The van der Waals surface area contributed by atoms with E-state index in [9.17, 15) is 28.1 Å². The number of anilines is 1. The third-order valence-electron chi connectivity index (χ3n) is 7.62. The Hall–Kier alpha value is -3.35. The number of hydrogen-bond acceptors (Lipinski definition) is 7. The Labute approximate surface area is 239 Å². The van der Waals surface area contributed by atoms with Gasteiger partial charge in [-0.15, -0.1) is 0 Å². The maximum absolute atomic E-state index is 13.3. The van der Waals surface area contributed by atoms with Gasteiger partial charge in [0.05, 0.1) is 17.6 Å². The second-order valence-electron chi connectivity index (χ2n) is 10.5. The lowest BCUT2D eigenvalue weighted by molar-refractivity contribution is -0.388. The van der Waals surface area contributed by atoms with E-state index in [0.29, 0.717) is 50.3 Å². The van der Waals surface area contributed by atoms with Gasteiger partial charge in [-0.05, 0) is 62.1 Å². The number of rotatable bonds is 8. The van der Waals surface area contributed by atoms with Crippen LogP contribution >= 0.6 is 11.6 Å². The molecule has 0 unspecified atom stereocenters. The minimum Gasteiger partial charge on any atom is -0.460 e. The molecule has 3 aromatic rings. The van der Waals surface area contributed by atoms with Gasteiger partial charge in [-0.1, -0.05) is 11.6 Å². The molecule has 13 heteroatoms. The number of nitro groups is 1. The molecule has 0 atom stereocenters. The molecule has 0 bridgehead atoms. The lowest BCUT2D eigenvalue weighted by Crippen LogP contribution is -2.49. The van der Waals surface area contributed by atoms with Crippen LogP contribution in [0.25, 0.3) is 11.0 Å². The maximum atomic E-state index is 13.3. The summed E-state index contributed by atoms with van der Waals surface area (Å²) < 4.78 is 51.6. The van der Waals surface area contributed by atoms with Crippen molar-refractivity contribution in [3.63, 3.8) is 0 Å². The van der Waals surface area contributed by atoms with Crippen LogP contribution in [0.1, 0.15) is 37.0 Å². The number of furan rings is 1. The van der Waals surface area contributed by atoms with E-state index in [1.165, 1.54) is 6.07 Å². The van der Waals surface area contributed by atoms with Crippen LogP contribution in [0.5, 0.6) is 0 Å². The van der Waals surface area contributed by atoms with Crippen molar-refractivity contribution in [1.29, 1.82) is 0 Å². The molecule has 1 aromatic heterocycles. The average Bonchev–Trinajstić information content (AvgIpc) is 3.33. The van der Waals surface area contributed by atoms with Gasteiger partial charge in [0.15, 0.2) is 0 Å². The van der Waals surface area contributed by atoms with Crippen molar-refractivity contribution in [2.45, 2.75) is 50.6 Å². The minimum atomic E-state index is -4.82. The minimum absolute atomic E-state index is 0.00953. The number of carbonyl (C=O) groups is 1. The smallest absolute Gasteiger partial charge is 0.423 e. The first-order valence-electron chi connectivity index (χ1n) is 13.5. The number of nitro benzene ring substituents is 1. The fourth-order valence-electron chi connectivity index (χ4n) is 5.42. The molecule has 0 radical (unpaired) electrons. The highest BCUT2D eigenvalue weighted by atomic mass is 35.5. The largest absolute Gasteiger partial charge is 0.460 e. The van der Waals surface area contributed by atoms with Gasteiger partial charge < -0.3 is 19.4 Å². The number of fused-ring (bicyclic) bond motifs is 1. The molecule has 1 aliphatic heterocycles. The quantitative estimate of drug-likeness (QED) is 0.248. The van der Waals surface area contributed by atoms with Crippen LogP contribution < -0.4 is 5.32 Å². The first kappa shape index (κ1) is 29.2. The molecule has 2 fully saturated rings. The van der Waals surface area contributed by atoms with Crippen LogP contribution in [-0.4, -0.2) is 65.6 Å². The molecule has 0 spiro atoms. The van der Waals surface area contributed by atoms with Gasteiger partial charge in [0, 0.05) is 54.4 Å². The van der Waals surface area contributed by atoms with Gasteiger partial charge in [-0.25, -0.2) is 0 Å². The number of ether oxygens (including phenoxy) is 1. The Morgan fingerprint density at radius 1 is 1.07 bits per heavy atom. The molecular weight excluding hydrogens is 565 g/mol. The Bertz CT molecular complexity index is 1400. The van der Waals surface area contributed by atoms with Crippen molar-refractivity contribution in [2.24, 2.45) is 0 Å². The Balaban J connectivity index is 1.03. The SMILES string of the molecule is O=C(COC1CCC(Nc2ccc([N+](=O)[O-])c(C(F)(F)F)c2)CC1)N1CCN(Cc2cc3cc(Cl)ccc3o2)CC1. The van der Waals surface area contributed by atoms with Gasteiger partial charge in [0.25, 0.3) is 5.69 Å². The van der Waals surface area contributed by atoms with Crippen LogP contribution in [0.15, 0.2) is 46.9 Å². The molecule has 5 rings (SSSR count). The summed E-state index contributed by atoms with van der Waals surface area (Å²) in [6.45, 7) is 3.28. The zero-order valence-electron chi connectivity index (χ0n) is 22.2. The van der Waals surface area contributed by atoms with Crippen molar-refractivity contribution in [3.05, 3.63) is 68.9 Å². The van der Waals surface area contributed by atoms with E-state index in [-0.39, 0.29) is 30.3 Å². The number of carbonyl (C=O) groups excluding carboxylic acids is 1. The number of amides is 1. The zero-order valence-corrected chi connectivity index (χ0v) is 22.9. The molecular formula is C28H30ClF3N4O5. The third kappa shape index (κ3) is 7.30. The molecule has 2 aromatic carbocycles. The van der Waals surface area contributed by atoms with E-state index in [4.69, 9.17) is 20.8 Å². The summed E-state index contributed by atoms with van der Waals surface area (Å²) in [7, 11) is 0. The first-order chi connectivity index (χ1) is 19.5. The summed E-state index contributed by atoms with van der Waals surface area (Å²) in [5, 5.41) is 15.7. The van der Waals surface area contributed by atoms with Crippen molar-refractivity contribution in [3.8, 4) is 0 Å². The highest BCUT2D eigenvalue weighted by Crippen LogP contribution is 2.38. The van der Waals surface area contributed by atoms with Crippen LogP contribution in [0, 0.1) is 10.1 Å². The van der Waals surface area contributed by atoms with Gasteiger partial charge >= 0.3 is 6.18 Å². The van der Waals surface area contributed by atoms with Crippen molar-refractivity contribution in [1.82, 2.24) is 9.80 Å². The van der Waals surface area contributed by atoms with E-state index < -0.39 is 22.4 Å². The summed E-state index contributed by atoms with van der Waals surface area (Å²) in [5.41, 5.74) is -1.26. The second-order valence-corrected chi connectivity index (χ2v) is 10.9. The molecule has 1 N–H and O–H groups in total. The van der Waals surface area contributed by atoms with Gasteiger partial charge in [0.1, 0.15) is 23.5 Å². The topological polar surface area (TPSA) is 101 Å². The van der Waals surface area contributed by atoms with Gasteiger partial charge in [-0.2, -0.15) is 13.2 Å². The molecule has 1 saturated heterocycles. The summed E-state index contributed by atoms with van der Waals surface area (Å²) in [5.74, 6) is 0.790. The standard InChI is InChI=1S/C28H30ClF3N4O5/c29-19-1-8-26-18(13-19)14-23(41-26)16-34-9-11-35(12-10-34)27(37)17-40-22-5-2-20(3-6-22)33-21-4-7-25(36(38)39)24(15-21)28(30,31)32/h1,4,7-8,13-15,20,22,33H,2-3,5-6,9-12,16-17H2. The average molecular weight is 595 g/mol. The summed E-state index contributed by atoms with van der Waals surface area (Å²) in [4.78, 5) is 26.7. The molecule has 220 valence electrons. The van der Waals surface area contributed by atoms with E-state index in [0.717, 1.165) is 42.0 Å². The fraction of sp³-hybridized carbons (Fsp3) is 0.464. The molecule has 41 heavy (non-hydrogen) atoms. The highest BCUT2D eigenvalue weighted by Gasteiger charge is 2.38. The highest BCUT2D eigenvalue weighted by molar-refractivity contribution is 6.31.